The van der Waals surface area contributed by atoms with Gasteiger partial charge in [-0.15, -0.1) is 0 Å². The van der Waals surface area contributed by atoms with Crippen LogP contribution < -0.4 is 0 Å². The third kappa shape index (κ3) is 3.40. The highest BCUT2D eigenvalue weighted by Gasteiger charge is 2.16. The molecule has 13 heavy (non-hydrogen) atoms. The van der Waals surface area contributed by atoms with Crippen molar-refractivity contribution >= 4 is 7.80 Å². The molecule has 0 N–H and O–H groups in total. The van der Waals surface area contributed by atoms with Crippen LogP contribution in [0.5, 0.6) is 0 Å². The van der Waals surface area contributed by atoms with Crippen molar-refractivity contribution in [3.05, 3.63) is 35.9 Å². The summed E-state index contributed by atoms with van der Waals surface area (Å²) in [5.74, 6) is 2.89. The number of rotatable bonds is 1. The third-order valence-electron chi connectivity index (χ3n) is 1.55. The second-order valence-corrected chi connectivity index (χ2v) is 4.93. The molecule has 0 aliphatic heterocycles. The normalized spacial score (nSPS) is 10.5. The second-order valence-electron chi connectivity index (χ2n) is 3.02. The molecule has 1 aromatic rings. The summed E-state index contributed by atoms with van der Waals surface area (Å²) in [5, 5.41) is 0. The molecule has 66 valence electrons. The molecule has 1 nitrogen and oxygen atoms in total. The molecule has 0 saturated carbocycles. The summed E-state index contributed by atoms with van der Waals surface area (Å²) in [7, 11) is -1.37. The van der Waals surface area contributed by atoms with Gasteiger partial charge < -0.3 is 0 Å². The average molecular weight is 191 g/mol. The Hall–Kier alpha value is -1.12. The summed E-state index contributed by atoms with van der Waals surface area (Å²) >= 11 is 0. The summed E-state index contributed by atoms with van der Waals surface area (Å²) < 4.78 is 11.3. The molecule has 0 saturated heterocycles. The molecule has 1 aromatic carbocycles. The summed E-state index contributed by atoms with van der Waals surface area (Å²) in [6, 6.07) is 9.61. The molecule has 2 heteroatoms. The summed E-state index contributed by atoms with van der Waals surface area (Å²) in [4.78, 5) is 0. The Labute approximate surface area is 80.0 Å². The molecular weight excluding hydrogens is 179 g/mol. The van der Waals surface area contributed by atoms with Crippen molar-refractivity contribution in [3.63, 3.8) is 0 Å². The highest BCUT2D eigenvalue weighted by atomic mass is 31.1. The lowest BCUT2D eigenvalue weighted by Gasteiger charge is -1.83. The first-order chi connectivity index (χ1) is 6.20. The zero-order chi connectivity index (χ0) is 9.68. The van der Waals surface area contributed by atoms with Crippen LogP contribution in [-0.4, -0.2) is 5.66 Å². The molecule has 0 aliphatic rings. The minimum Gasteiger partial charge on any atom is -0.0622 e. The van der Waals surface area contributed by atoms with Gasteiger partial charge in [-0.1, -0.05) is 22.8 Å². The lowest BCUT2D eigenvalue weighted by molar-refractivity contribution is 0.589. The highest BCUT2D eigenvalue weighted by molar-refractivity contribution is 7.51. The van der Waals surface area contributed by atoms with Gasteiger partial charge in [0.25, 0.3) is 0 Å². The van der Waals surface area contributed by atoms with Gasteiger partial charge in [0, 0.05) is 5.56 Å². The highest BCUT2D eigenvalue weighted by Crippen LogP contribution is 2.24. The molecule has 1 rings (SSSR count). The fraction of sp³-hybridized carbons (Fsp3) is 0.273. The van der Waals surface area contributed by atoms with Crippen LogP contribution >= 0.6 is 7.80 Å². The van der Waals surface area contributed by atoms with E-state index in [4.69, 9.17) is 0 Å². The summed E-state index contributed by atoms with van der Waals surface area (Å²) in [6.07, 6.45) is 0. The monoisotopic (exact) mass is 191 g/mol. The van der Waals surface area contributed by atoms with Gasteiger partial charge in [0.1, 0.15) is 0 Å². The van der Waals surface area contributed by atoms with Crippen LogP contribution in [0, 0.1) is 11.6 Å². The molecule has 0 amide bonds. The summed E-state index contributed by atoms with van der Waals surface area (Å²) in [6.45, 7) is 3.83. The average Bonchev–Trinajstić information content (AvgIpc) is 2.15. The molecule has 0 fully saturated rings. The van der Waals surface area contributed by atoms with Crippen molar-refractivity contribution in [2.45, 2.75) is 19.5 Å². The predicted octanol–water partition coefficient (Wildman–Crippen LogP) is 3.23. The lowest BCUT2D eigenvalue weighted by Crippen LogP contribution is -1.82. The van der Waals surface area contributed by atoms with E-state index >= 15 is 0 Å². The Morgan fingerprint density at radius 1 is 1.23 bits per heavy atom. The maximum absolute atomic E-state index is 11.3. The second kappa shape index (κ2) is 4.80. The van der Waals surface area contributed by atoms with Gasteiger partial charge in [0.05, 0.1) is 0 Å². The first-order valence-corrected chi connectivity index (χ1v) is 5.56. The number of hydrogen-bond donors (Lipinski definition) is 0. The van der Waals surface area contributed by atoms with Crippen molar-refractivity contribution < 1.29 is 4.57 Å². The van der Waals surface area contributed by atoms with Gasteiger partial charge in [-0.25, -0.2) is 0 Å². The molecule has 0 spiro atoms. The van der Waals surface area contributed by atoms with Gasteiger partial charge in [-0.05, 0) is 31.9 Å². The number of hydrogen-bond acceptors (Lipinski definition) is 1. The lowest BCUT2D eigenvalue weighted by atomic mass is 10.2. The van der Waals surface area contributed by atoms with Crippen LogP contribution in [0.15, 0.2) is 30.3 Å². The molecular formula is C11H12OP+. The molecule has 0 bridgehead atoms. The molecule has 1 atom stereocenters. The van der Waals surface area contributed by atoms with E-state index < -0.39 is 7.80 Å². The van der Waals surface area contributed by atoms with E-state index in [0.29, 0.717) is 0 Å². The van der Waals surface area contributed by atoms with Gasteiger partial charge in [0.2, 0.25) is 0 Å². The smallest absolute Gasteiger partial charge is 0.0622 e. The summed E-state index contributed by atoms with van der Waals surface area (Å²) in [5.41, 5.74) is 3.82. The minimum atomic E-state index is -1.37. The van der Waals surface area contributed by atoms with E-state index in [2.05, 4.69) is 11.6 Å². The Morgan fingerprint density at radius 3 is 2.38 bits per heavy atom. The minimum absolute atomic E-state index is 0.145. The zero-order valence-electron chi connectivity index (χ0n) is 7.82. The molecule has 0 aromatic heterocycles. The van der Waals surface area contributed by atoms with Crippen molar-refractivity contribution in [2.24, 2.45) is 0 Å². The van der Waals surface area contributed by atoms with E-state index in [1.165, 1.54) is 0 Å². The van der Waals surface area contributed by atoms with Gasteiger partial charge in [-0.2, -0.15) is 0 Å². The van der Waals surface area contributed by atoms with Gasteiger partial charge in [0.15, 0.2) is 11.3 Å². The predicted molar refractivity (Wildman–Crippen MR) is 56.1 cm³/mol. The van der Waals surface area contributed by atoms with E-state index in [1.54, 1.807) is 0 Å². The van der Waals surface area contributed by atoms with Crippen LogP contribution in [0.1, 0.15) is 19.4 Å². The first-order valence-electron chi connectivity index (χ1n) is 4.23. The van der Waals surface area contributed by atoms with Crippen molar-refractivity contribution in [3.8, 4) is 11.6 Å². The largest absolute Gasteiger partial charge is 0.431 e. The Balaban J connectivity index is 2.74. The van der Waals surface area contributed by atoms with E-state index in [0.717, 1.165) is 5.56 Å². The Kier molecular flexibility index (Phi) is 3.68. The molecule has 0 aliphatic carbocycles. The van der Waals surface area contributed by atoms with Gasteiger partial charge >= 0.3 is 7.80 Å². The topological polar surface area (TPSA) is 17.1 Å². The first kappa shape index (κ1) is 9.96. The molecule has 0 radical (unpaired) electrons. The maximum atomic E-state index is 11.3. The Morgan fingerprint density at radius 2 is 1.85 bits per heavy atom. The van der Waals surface area contributed by atoms with Crippen LogP contribution in [0.3, 0.4) is 0 Å². The van der Waals surface area contributed by atoms with Crippen LogP contribution in [-0.2, 0) is 4.57 Å². The van der Waals surface area contributed by atoms with Crippen LogP contribution in [0.25, 0.3) is 0 Å². The third-order valence-corrected chi connectivity index (χ3v) is 2.82. The maximum Gasteiger partial charge on any atom is 0.431 e. The standard InChI is InChI=1S/C11H12OP/c1-10(2)13(12)9-8-11-6-4-3-5-7-11/h3-7,10H,1-2H3/q+1. The van der Waals surface area contributed by atoms with Crippen molar-refractivity contribution in [1.82, 2.24) is 0 Å². The van der Waals surface area contributed by atoms with Crippen LogP contribution in [0.4, 0.5) is 0 Å². The SMILES string of the molecule is CC(C)[P+](=O)C#Cc1ccccc1. The van der Waals surface area contributed by atoms with E-state index in [1.807, 2.05) is 44.2 Å². The van der Waals surface area contributed by atoms with Crippen LogP contribution in [0.2, 0.25) is 0 Å². The van der Waals surface area contributed by atoms with Gasteiger partial charge in [-0.3, -0.25) is 0 Å². The van der Waals surface area contributed by atoms with E-state index in [9.17, 15) is 4.57 Å². The van der Waals surface area contributed by atoms with E-state index in [-0.39, 0.29) is 5.66 Å². The van der Waals surface area contributed by atoms with Crippen molar-refractivity contribution in [1.29, 1.82) is 0 Å². The quantitative estimate of drug-likeness (QED) is 0.492. The fourth-order valence-corrected chi connectivity index (χ4v) is 1.27. The molecule has 1 unspecified atom stereocenters. The Bertz CT molecular complexity index is 343. The zero-order valence-corrected chi connectivity index (χ0v) is 8.71. The van der Waals surface area contributed by atoms with Crippen molar-refractivity contribution in [2.75, 3.05) is 0 Å². The molecule has 0 heterocycles. The number of benzene rings is 1. The fourth-order valence-electron chi connectivity index (χ4n) is 0.770.